The van der Waals surface area contributed by atoms with Gasteiger partial charge >= 0.3 is 0 Å². The zero-order valence-corrected chi connectivity index (χ0v) is 15.2. The third kappa shape index (κ3) is 4.96. The first kappa shape index (κ1) is 18.3. The summed E-state index contributed by atoms with van der Waals surface area (Å²) in [7, 11) is -3.02. The third-order valence-electron chi connectivity index (χ3n) is 3.76. The number of carbonyl (C=O) groups is 1. The van der Waals surface area contributed by atoms with E-state index in [1.165, 1.54) is 6.08 Å². The number of amides is 1. The van der Waals surface area contributed by atoms with Crippen molar-refractivity contribution < 1.29 is 13.2 Å². The van der Waals surface area contributed by atoms with E-state index in [-0.39, 0.29) is 23.5 Å². The Morgan fingerprint density at radius 2 is 2.09 bits per heavy atom. The summed E-state index contributed by atoms with van der Waals surface area (Å²) in [4.78, 5) is 14.1. The topological polar surface area (TPSA) is 54.5 Å². The fourth-order valence-corrected chi connectivity index (χ4v) is 4.65. The first-order chi connectivity index (χ1) is 10.8. The summed E-state index contributed by atoms with van der Waals surface area (Å²) in [5, 5.41) is 0.882. The highest BCUT2D eigenvalue weighted by Gasteiger charge is 2.33. The molecule has 0 aliphatic carbocycles. The number of carbonyl (C=O) groups excluding carboxylic acids is 1. The molecule has 0 spiro atoms. The van der Waals surface area contributed by atoms with Gasteiger partial charge in [-0.05, 0) is 36.6 Å². The molecule has 1 amide bonds. The fraction of sp³-hybridized carbons (Fsp3) is 0.438. The molecule has 1 heterocycles. The molecule has 1 fully saturated rings. The standard InChI is InChI=1S/C16H19Cl2NO3S/c1-2-8-19(13-7-9-23(21,22)11-13)16(20)6-4-12-3-5-14(17)15(18)10-12/h3-6,10,13H,2,7-9,11H2,1H3/b6-4+. The maximum atomic E-state index is 12.4. The Balaban J connectivity index is 2.11. The Labute approximate surface area is 147 Å². The van der Waals surface area contributed by atoms with Crippen molar-refractivity contribution in [1.29, 1.82) is 0 Å². The Bertz CT molecular complexity index is 716. The molecule has 0 bridgehead atoms. The summed E-state index contributed by atoms with van der Waals surface area (Å²) in [6.07, 6.45) is 4.41. The Hall–Kier alpha value is -1.04. The van der Waals surface area contributed by atoms with E-state index >= 15 is 0 Å². The van der Waals surface area contributed by atoms with Crippen molar-refractivity contribution >= 4 is 45.0 Å². The number of nitrogens with zero attached hydrogens (tertiary/aromatic N) is 1. The average Bonchev–Trinajstić information content (AvgIpc) is 2.85. The van der Waals surface area contributed by atoms with Crippen molar-refractivity contribution in [2.45, 2.75) is 25.8 Å². The van der Waals surface area contributed by atoms with Crippen molar-refractivity contribution in [1.82, 2.24) is 4.90 Å². The lowest BCUT2D eigenvalue weighted by Crippen LogP contribution is -2.40. The van der Waals surface area contributed by atoms with Crippen LogP contribution in [0.4, 0.5) is 0 Å². The van der Waals surface area contributed by atoms with E-state index < -0.39 is 9.84 Å². The fourth-order valence-electron chi connectivity index (χ4n) is 2.61. The summed E-state index contributed by atoms with van der Waals surface area (Å²) >= 11 is 11.8. The highest BCUT2D eigenvalue weighted by molar-refractivity contribution is 7.91. The molecule has 0 saturated carbocycles. The summed E-state index contributed by atoms with van der Waals surface area (Å²) in [5.41, 5.74) is 0.767. The number of sulfone groups is 1. The molecule has 1 aliphatic rings. The lowest BCUT2D eigenvalue weighted by molar-refractivity contribution is -0.127. The van der Waals surface area contributed by atoms with Crippen LogP contribution in [-0.2, 0) is 14.6 Å². The number of halogens is 2. The average molecular weight is 376 g/mol. The van der Waals surface area contributed by atoms with E-state index in [9.17, 15) is 13.2 Å². The van der Waals surface area contributed by atoms with E-state index in [1.807, 2.05) is 6.92 Å². The van der Waals surface area contributed by atoms with Crippen molar-refractivity contribution in [2.24, 2.45) is 0 Å². The largest absolute Gasteiger partial charge is 0.335 e. The van der Waals surface area contributed by atoms with Crippen LogP contribution in [-0.4, -0.2) is 43.3 Å². The highest BCUT2D eigenvalue weighted by atomic mass is 35.5. The van der Waals surface area contributed by atoms with E-state index in [4.69, 9.17) is 23.2 Å². The Morgan fingerprint density at radius 1 is 1.35 bits per heavy atom. The van der Waals surface area contributed by atoms with Gasteiger partial charge in [0, 0.05) is 18.7 Å². The molecule has 1 unspecified atom stereocenters. The number of hydrogen-bond acceptors (Lipinski definition) is 3. The van der Waals surface area contributed by atoms with Crippen LogP contribution in [0.25, 0.3) is 6.08 Å². The molecule has 2 rings (SSSR count). The monoisotopic (exact) mass is 375 g/mol. The van der Waals surface area contributed by atoms with Gasteiger partial charge in [-0.15, -0.1) is 0 Å². The third-order valence-corrected chi connectivity index (χ3v) is 6.25. The van der Waals surface area contributed by atoms with E-state index in [2.05, 4.69) is 0 Å². The first-order valence-electron chi connectivity index (χ1n) is 7.46. The van der Waals surface area contributed by atoms with Gasteiger partial charge in [-0.3, -0.25) is 4.79 Å². The molecular weight excluding hydrogens is 357 g/mol. The van der Waals surface area contributed by atoms with E-state index in [0.29, 0.717) is 23.0 Å². The SMILES string of the molecule is CCCN(C(=O)/C=C/c1ccc(Cl)c(Cl)c1)C1CCS(=O)(=O)C1. The van der Waals surface area contributed by atoms with Crippen LogP contribution in [0, 0.1) is 0 Å². The Morgan fingerprint density at radius 3 is 2.65 bits per heavy atom. The van der Waals surface area contributed by atoms with Crippen molar-refractivity contribution in [2.75, 3.05) is 18.1 Å². The van der Waals surface area contributed by atoms with Gasteiger partial charge in [-0.1, -0.05) is 36.2 Å². The van der Waals surface area contributed by atoms with Crippen LogP contribution in [0.1, 0.15) is 25.3 Å². The zero-order valence-electron chi connectivity index (χ0n) is 12.8. The molecule has 4 nitrogen and oxygen atoms in total. The molecule has 1 atom stereocenters. The van der Waals surface area contributed by atoms with Crippen LogP contribution in [0.15, 0.2) is 24.3 Å². The molecule has 126 valence electrons. The van der Waals surface area contributed by atoms with E-state index in [1.54, 1.807) is 29.2 Å². The second-order valence-electron chi connectivity index (χ2n) is 5.60. The number of hydrogen-bond donors (Lipinski definition) is 0. The summed E-state index contributed by atoms with van der Waals surface area (Å²) in [6.45, 7) is 2.51. The van der Waals surface area contributed by atoms with Crippen LogP contribution in [0.3, 0.4) is 0 Å². The molecule has 23 heavy (non-hydrogen) atoms. The second-order valence-corrected chi connectivity index (χ2v) is 8.64. The zero-order chi connectivity index (χ0) is 17.0. The van der Waals surface area contributed by atoms with E-state index in [0.717, 1.165) is 12.0 Å². The van der Waals surface area contributed by atoms with Crippen LogP contribution < -0.4 is 0 Å². The lowest BCUT2D eigenvalue weighted by atomic mass is 10.1. The lowest BCUT2D eigenvalue weighted by Gasteiger charge is -2.26. The van der Waals surface area contributed by atoms with Crippen LogP contribution in [0.5, 0.6) is 0 Å². The molecule has 7 heteroatoms. The van der Waals surface area contributed by atoms with Gasteiger partial charge in [0.05, 0.1) is 21.6 Å². The van der Waals surface area contributed by atoms with Crippen LogP contribution in [0.2, 0.25) is 10.0 Å². The van der Waals surface area contributed by atoms with Crippen molar-refractivity contribution in [3.63, 3.8) is 0 Å². The predicted octanol–water partition coefficient (Wildman–Crippen LogP) is 3.43. The van der Waals surface area contributed by atoms with Crippen molar-refractivity contribution in [3.05, 3.63) is 39.9 Å². The first-order valence-corrected chi connectivity index (χ1v) is 10.0. The predicted molar refractivity (Wildman–Crippen MR) is 94.6 cm³/mol. The molecule has 1 saturated heterocycles. The normalized spacial score (nSPS) is 20.0. The molecule has 0 aromatic heterocycles. The van der Waals surface area contributed by atoms with Gasteiger partial charge < -0.3 is 4.90 Å². The molecule has 0 radical (unpaired) electrons. The highest BCUT2D eigenvalue weighted by Crippen LogP contribution is 2.23. The van der Waals surface area contributed by atoms with Gasteiger partial charge in [-0.25, -0.2) is 8.42 Å². The summed E-state index contributed by atoms with van der Waals surface area (Å²) in [6, 6.07) is 4.88. The van der Waals surface area contributed by atoms with Gasteiger partial charge in [-0.2, -0.15) is 0 Å². The number of rotatable bonds is 5. The smallest absolute Gasteiger partial charge is 0.246 e. The van der Waals surface area contributed by atoms with Gasteiger partial charge in [0.15, 0.2) is 9.84 Å². The maximum absolute atomic E-state index is 12.4. The molecule has 0 N–H and O–H groups in total. The minimum absolute atomic E-state index is 0.0549. The maximum Gasteiger partial charge on any atom is 0.246 e. The van der Waals surface area contributed by atoms with Gasteiger partial charge in [0.25, 0.3) is 0 Å². The van der Waals surface area contributed by atoms with Gasteiger partial charge in [0.1, 0.15) is 0 Å². The number of benzene rings is 1. The summed E-state index contributed by atoms with van der Waals surface area (Å²) < 4.78 is 23.3. The molecule has 1 aromatic carbocycles. The van der Waals surface area contributed by atoms with Gasteiger partial charge in [0.2, 0.25) is 5.91 Å². The molecule has 1 aliphatic heterocycles. The van der Waals surface area contributed by atoms with Crippen LogP contribution >= 0.6 is 23.2 Å². The minimum atomic E-state index is -3.02. The summed E-state index contributed by atoms with van der Waals surface area (Å²) in [5.74, 6) is 0.0288. The molecule has 1 aromatic rings. The quantitative estimate of drug-likeness (QED) is 0.740. The van der Waals surface area contributed by atoms with Crippen molar-refractivity contribution in [3.8, 4) is 0 Å². The Kier molecular flexibility index (Phi) is 6.12. The molecular formula is C16H19Cl2NO3S. The second kappa shape index (κ2) is 7.69. The minimum Gasteiger partial charge on any atom is -0.335 e.